The fourth-order valence-corrected chi connectivity index (χ4v) is 5.57. The zero-order valence-corrected chi connectivity index (χ0v) is 25.8. The number of halogens is 2. The molecule has 0 spiro atoms. The first-order valence-electron chi connectivity index (χ1n) is 12.9. The smallest absolute Gasteiger partial charge is 0.243 e. The predicted octanol–water partition coefficient (Wildman–Crippen LogP) is 5.66. The average molecular weight is 601 g/mol. The number of nitrogens with zero attached hydrogens (tertiary/aromatic N) is 2. The minimum Gasteiger partial charge on any atom is -0.492 e. The molecule has 0 aromatic heterocycles. The molecule has 1 unspecified atom stereocenters. The van der Waals surface area contributed by atoms with E-state index in [4.69, 9.17) is 27.9 Å². The summed E-state index contributed by atoms with van der Waals surface area (Å²) < 4.78 is 32.2. The summed E-state index contributed by atoms with van der Waals surface area (Å²) >= 11 is 12.5. The first-order valence-corrected chi connectivity index (χ1v) is 15.5. The van der Waals surface area contributed by atoms with Gasteiger partial charge < -0.3 is 15.0 Å². The molecular weight excluding hydrogens is 561 g/mol. The Morgan fingerprint density at radius 1 is 1.08 bits per heavy atom. The molecule has 8 nitrogen and oxygen atoms in total. The molecule has 39 heavy (non-hydrogen) atoms. The van der Waals surface area contributed by atoms with Crippen molar-refractivity contribution < 1.29 is 22.7 Å². The lowest BCUT2D eigenvalue weighted by Gasteiger charge is -2.33. The summed E-state index contributed by atoms with van der Waals surface area (Å²) in [7, 11) is -3.66. The largest absolute Gasteiger partial charge is 0.492 e. The van der Waals surface area contributed by atoms with Gasteiger partial charge in [-0.2, -0.15) is 0 Å². The Bertz CT molecular complexity index is 1250. The number of anilines is 1. The van der Waals surface area contributed by atoms with E-state index in [0.717, 1.165) is 6.26 Å². The lowest BCUT2D eigenvalue weighted by Crippen LogP contribution is -2.53. The van der Waals surface area contributed by atoms with Crippen molar-refractivity contribution in [3.8, 4) is 5.75 Å². The van der Waals surface area contributed by atoms with Crippen LogP contribution in [0.1, 0.15) is 59.4 Å². The Morgan fingerprint density at radius 2 is 1.74 bits per heavy atom. The van der Waals surface area contributed by atoms with Crippen LogP contribution in [0.5, 0.6) is 5.75 Å². The highest BCUT2D eigenvalue weighted by Gasteiger charge is 2.31. The van der Waals surface area contributed by atoms with E-state index in [1.54, 1.807) is 42.5 Å². The number of rotatable bonds is 13. The van der Waals surface area contributed by atoms with Gasteiger partial charge in [0, 0.05) is 35.1 Å². The maximum absolute atomic E-state index is 13.6. The zero-order chi connectivity index (χ0) is 29.4. The predicted molar refractivity (Wildman–Crippen MR) is 158 cm³/mol. The number of ether oxygens (including phenoxy) is 1. The van der Waals surface area contributed by atoms with E-state index in [0.29, 0.717) is 40.1 Å². The maximum Gasteiger partial charge on any atom is 0.243 e. The number of benzene rings is 2. The zero-order valence-electron chi connectivity index (χ0n) is 23.5. The Labute approximate surface area is 242 Å². The van der Waals surface area contributed by atoms with E-state index in [1.807, 2.05) is 34.6 Å². The number of sulfonamides is 1. The molecule has 0 fully saturated rings. The summed E-state index contributed by atoms with van der Waals surface area (Å²) in [5, 5.41) is 3.82. The molecule has 0 saturated heterocycles. The van der Waals surface area contributed by atoms with Crippen molar-refractivity contribution in [2.75, 3.05) is 23.7 Å². The van der Waals surface area contributed by atoms with Crippen LogP contribution in [0.4, 0.5) is 5.69 Å². The number of carbonyl (C=O) groups is 2. The first kappa shape index (κ1) is 32.7. The lowest BCUT2D eigenvalue weighted by molar-refractivity contribution is -0.142. The van der Waals surface area contributed by atoms with Crippen molar-refractivity contribution in [1.29, 1.82) is 0 Å². The fraction of sp³-hybridized carbons (Fsp3) is 0.500. The molecule has 216 valence electrons. The molecule has 2 aromatic rings. The van der Waals surface area contributed by atoms with Crippen molar-refractivity contribution in [1.82, 2.24) is 10.2 Å². The average Bonchev–Trinajstić information content (AvgIpc) is 2.82. The quantitative estimate of drug-likeness (QED) is 0.320. The number of carbonyl (C=O) groups excluding carboxylic acids is 2. The van der Waals surface area contributed by atoms with Crippen LogP contribution in [0.25, 0.3) is 0 Å². The van der Waals surface area contributed by atoms with Gasteiger partial charge in [-0.1, -0.05) is 48.3 Å². The van der Waals surface area contributed by atoms with Gasteiger partial charge in [0.05, 0.1) is 18.6 Å². The molecular formula is C28H39Cl2N3O5S. The Kier molecular flexibility index (Phi) is 11.9. The standard InChI is InChI=1S/C28H39Cl2N3O5S/c1-7-23(27(35)31-28(3,4)5)32(19-20-15-16-21(29)18-22(20)30)26(34)14-11-17-33(39(6,36)37)24-12-9-10-13-25(24)38-8-2/h9-10,12-13,15-16,18,23H,7-8,11,14,17,19H2,1-6H3,(H,31,35). The van der Waals surface area contributed by atoms with E-state index < -0.39 is 21.6 Å². The van der Waals surface area contributed by atoms with Crippen molar-refractivity contribution in [2.45, 2.75) is 72.0 Å². The minimum atomic E-state index is -3.66. The minimum absolute atomic E-state index is 0.0212. The van der Waals surface area contributed by atoms with Gasteiger partial charge in [0.2, 0.25) is 21.8 Å². The molecule has 0 bridgehead atoms. The summed E-state index contributed by atoms with van der Waals surface area (Å²) in [6.07, 6.45) is 1.76. The molecule has 2 aromatic carbocycles. The molecule has 0 aliphatic rings. The molecule has 1 atom stereocenters. The molecule has 0 saturated carbocycles. The van der Waals surface area contributed by atoms with Crippen LogP contribution in [0, 0.1) is 0 Å². The van der Waals surface area contributed by atoms with Crippen LogP contribution < -0.4 is 14.4 Å². The summed E-state index contributed by atoms with van der Waals surface area (Å²) in [6.45, 7) is 9.83. The molecule has 0 radical (unpaired) electrons. The van der Waals surface area contributed by atoms with E-state index in [9.17, 15) is 18.0 Å². The van der Waals surface area contributed by atoms with Crippen LogP contribution in [-0.2, 0) is 26.2 Å². The number of para-hydroxylation sites is 2. The van der Waals surface area contributed by atoms with Crippen LogP contribution in [0.3, 0.4) is 0 Å². The maximum atomic E-state index is 13.6. The van der Waals surface area contributed by atoms with E-state index in [-0.39, 0.29) is 37.7 Å². The second-order valence-electron chi connectivity index (χ2n) is 10.3. The second kappa shape index (κ2) is 14.2. The highest BCUT2D eigenvalue weighted by atomic mass is 35.5. The fourth-order valence-electron chi connectivity index (χ4n) is 4.13. The van der Waals surface area contributed by atoms with Gasteiger partial charge in [0.1, 0.15) is 11.8 Å². The molecule has 11 heteroatoms. The third kappa shape index (κ3) is 9.89. The SMILES string of the molecule is CCOc1ccccc1N(CCCC(=O)N(Cc1ccc(Cl)cc1Cl)C(CC)C(=O)NC(C)(C)C)S(C)(=O)=O. The molecule has 2 rings (SSSR count). The third-order valence-corrected chi connectivity index (χ3v) is 7.59. The molecule has 0 heterocycles. The first-order chi connectivity index (χ1) is 18.2. The highest BCUT2D eigenvalue weighted by molar-refractivity contribution is 7.92. The molecule has 2 amide bonds. The van der Waals surface area contributed by atoms with Gasteiger partial charge in [0.25, 0.3) is 0 Å². The highest BCUT2D eigenvalue weighted by Crippen LogP contribution is 2.30. The van der Waals surface area contributed by atoms with Gasteiger partial charge in [-0.15, -0.1) is 0 Å². The van der Waals surface area contributed by atoms with Crippen molar-refractivity contribution in [3.63, 3.8) is 0 Å². The van der Waals surface area contributed by atoms with Gasteiger partial charge in [-0.05, 0) is 70.4 Å². The van der Waals surface area contributed by atoms with Crippen LogP contribution in [0.15, 0.2) is 42.5 Å². The number of amides is 2. The summed E-state index contributed by atoms with van der Waals surface area (Å²) in [6, 6.07) is 11.2. The van der Waals surface area contributed by atoms with Crippen molar-refractivity contribution in [2.24, 2.45) is 0 Å². The van der Waals surface area contributed by atoms with E-state index in [2.05, 4.69) is 5.32 Å². The van der Waals surface area contributed by atoms with Gasteiger partial charge in [-0.25, -0.2) is 8.42 Å². The Hall–Kier alpha value is -2.49. The van der Waals surface area contributed by atoms with Crippen LogP contribution >= 0.6 is 23.2 Å². The van der Waals surface area contributed by atoms with E-state index in [1.165, 1.54) is 9.21 Å². The molecule has 1 N–H and O–H groups in total. The number of nitrogens with one attached hydrogen (secondary N) is 1. The third-order valence-electron chi connectivity index (χ3n) is 5.83. The Balaban J connectivity index is 2.31. The normalized spacial score (nSPS) is 12.5. The molecule has 0 aliphatic carbocycles. The number of hydrogen-bond donors (Lipinski definition) is 1. The molecule has 0 aliphatic heterocycles. The summed E-state index contributed by atoms with van der Waals surface area (Å²) in [5.74, 6) is -0.115. The second-order valence-corrected chi connectivity index (χ2v) is 13.0. The van der Waals surface area contributed by atoms with Crippen LogP contribution in [-0.4, -0.2) is 56.1 Å². The van der Waals surface area contributed by atoms with Gasteiger partial charge in [-0.3, -0.25) is 13.9 Å². The topological polar surface area (TPSA) is 96.0 Å². The summed E-state index contributed by atoms with van der Waals surface area (Å²) in [4.78, 5) is 28.3. The van der Waals surface area contributed by atoms with Crippen LogP contribution in [0.2, 0.25) is 10.0 Å². The van der Waals surface area contributed by atoms with Crippen molar-refractivity contribution >= 4 is 50.7 Å². The van der Waals surface area contributed by atoms with E-state index >= 15 is 0 Å². The number of hydrogen-bond acceptors (Lipinski definition) is 5. The van der Waals surface area contributed by atoms with Gasteiger partial charge in [0.15, 0.2) is 0 Å². The lowest BCUT2D eigenvalue weighted by atomic mass is 10.0. The Morgan fingerprint density at radius 3 is 2.31 bits per heavy atom. The van der Waals surface area contributed by atoms with Gasteiger partial charge >= 0.3 is 0 Å². The summed E-state index contributed by atoms with van der Waals surface area (Å²) in [5.41, 5.74) is 0.580. The monoisotopic (exact) mass is 599 g/mol. The van der Waals surface area contributed by atoms with Crippen molar-refractivity contribution in [3.05, 3.63) is 58.1 Å².